The Bertz CT molecular complexity index is 326. The second-order valence-electron chi connectivity index (χ2n) is 5.14. The number of hydrogen-bond acceptors (Lipinski definition) is 5. The lowest BCUT2D eigenvalue weighted by Crippen LogP contribution is -2.13. The molecule has 0 aliphatic heterocycles. The van der Waals surface area contributed by atoms with Crippen LogP contribution in [-0.4, -0.2) is 25.2 Å². The van der Waals surface area contributed by atoms with Crippen molar-refractivity contribution < 1.29 is 19.1 Å². The number of rotatable bonds is 12. The molecule has 5 nitrogen and oxygen atoms in total. The van der Waals surface area contributed by atoms with Gasteiger partial charge in [0, 0.05) is 13.0 Å². The second kappa shape index (κ2) is 13.5. The van der Waals surface area contributed by atoms with Crippen molar-refractivity contribution in [1.29, 1.82) is 0 Å². The summed E-state index contributed by atoms with van der Waals surface area (Å²) in [4.78, 5) is 22.0. The van der Waals surface area contributed by atoms with Gasteiger partial charge in [0.2, 0.25) is 0 Å². The van der Waals surface area contributed by atoms with Crippen molar-refractivity contribution in [1.82, 2.24) is 0 Å². The summed E-state index contributed by atoms with van der Waals surface area (Å²) in [5, 5.41) is 0. The van der Waals surface area contributed by atoms with Crippen molar-refractivity contribution >= 4 is 11.9 Å². The van der Waals surface area contributed by atoms with Crippen molar-refractivity contribution in [3.63, 3.8) is 0 Å². The smallest absolute Gasteiger partial charge is 0.332 e. The van der Waals surface area contributed by atoms with E-state index in [0.29, 0.717) is 6.61 Å². The SMILES string of the molecule is CCCCCCCCCCOC(=O)C=C(N)COC(C)=O. The third kappa shape index (κ3) is 14.7. The number of esters is 2. The summed E-state index contributed by atoms with van der Waals surface area (Å²) in [6.07, 6.45) is 10.7. The van der Waals surface area contributed by atoms with E-state index in [-0.39, 0.29) is 12.3 Å². The van der Waals surface area contributed by atoms with Gasteiger partial charge in [-0.05, 0) is 6.42 Å². The molecule has 0 spiro atoms. The molecule has 5 heteroatoms. The maximum atomic E-state index is 11.4. The van der Waals surface area contributed by atoms with Crippen LogP contribution in [0.5, 0.6) is 0 Å². The molecule has 0 rings (SSSR count). The van der Waals surface area contributed by atoms with Crippen molar-refractivity contribution in [2.45, 2.75) is 65.2 Å². The van der Waals surface area contributed by atoms with Crippen molar-refractivity contribution in [3.05, 3.63) is 11.8 Å². The molecule has 0 aromatic rings. The summed E-state index contributed by atoms with van der Waals surface area (Å²) in [7, 11) is 0. The maximum absolute atomic E-state index is 11.4. The first-order chi connectivity index (χ1) is 10.1. The van der Waals surface area contributed by atoms with Gasteiger partial charge >= 0.3 is 11.9 Å². The van der Waals surface area contributed by atoms with Crippen LogP contribution in [0.25, 0.3) is 0 Å². The molecule has 0 atom stereocenters. The topological polar surface area (TPSA) is 78.6 Å². The predicted molar refractivity (Wildman–Crippen MR) is 82.5 cm³/mol. The summed E-state index contributed by atoms with van der Waals surface area (Å²) in [5.74, 6) is -0.916. The van der Waals surface area contributed by atoms with Gasteiger partial charge < -0.3 is 15.2 Å². The summed E-state index contributed by atoms with van der Waals surface area (Å²) < 4.78 is 9.69. The van der Waals surface area contributed by atoms with Crippen LogP contribution in [0.3, 0.4) is 0 Å². The van der Waals surface area contributed by atoms with Crippen LogP contribution in [-0.2, 0) is 19.1 Å². The largest absolute Gasteiger partial charge is 0.462 e. The van der Waals surface area contributed by atoms with Gasteiger partial charge in [0.25, 0.3) is 0 Å². The first kappa shape index (κ1) is 19.5. The molecule has 0 aromatic heterocycles. The molecule has 0 aliphatic carbocycles. The van der Waals surface area contributed by atoms with Gasteiger partial charge in [-0.2, -0.15) is 0 Å². The Morgan fingerprint density at radius 2 is 1.52 bits per heavy atom. The molecular weight excluding hydrogens is 270 g/mol. The molecule has 0 saturated carbocycles. The van der Waals surface area contributed by atoms with Crippen LogP contribution in [0.1, 0.15) is 65.2 Å². The lowest BCUT2D eigenvalue weighted by molar-refractivity contribution is -0.141. The minimum absolute atomic E-state index is 0.0812. The monoisotopic (exact) mass is 299 g/mol. The summed E-state index contributed by atoms with van der Waals surface area (Å²) in [6, 6.07) is 0. The number of unbranched alkanes of at least 4 members (excludes halogenated alkanes) is 7. The standard InChI is InChI=1S/C16H29NO4/c1-3-4-5-6-7-8-9-10-11-20-16(19)12-15(17)13-21-14(2)18/h12H,3-11,13,17H2,1-2H3. The number of ether oxygens (including phenoxy) is 2. The number of nitrogens with two attached hydrogens (primary N) is 1. The van der Waals surface area contributed by atoms with Crippen LogP contribution >= 0.6 is 0 Å². The van der Waals surface area contributed by atoms with E-state index >= 15 is 0 Å². The van der Waals surface area contributed by atoms with Gasteiger partial charge in [0.05, 0.1) is 12.3 Å². The first-order valence-electron chi connectivity index (χ1n) is 7.82. The molecule has 0 fully saturated rings. The van der Waals surface area contributed by atoms with Gasteiger partial charge in [0.15, 0.2) is 0 Å². The predicted octanol–water partition coefficient (Wildman–Crippen LogP) is 3.08. The lowest BCUT2D eigenvalue weighted by atomic mass is 10.1. The summed E-state index contributed by atoms with van der Waals surface area (Å²) in [5.41, 5.74) is 5.70. The van der Waals surface area contributed by atoms with Crippen molar-refractivity contribution in [2.24, 2.45) is 5.73 Å². The number of carbonyl (C=O) groups is 2. The van der Waals surface area contributed by atoms with Crippen LogP contribution in [0, 0.1) is 0 Å². The van der Waals surface area contributed by atoms with Gasteiger partial charge in [0.1, 0.15) is 6.61 Å². The zero-order valence-corrected chi connectivity index (χ0v) is 13.4. The third-order valence-corrected chi connectivity index (χ3v) is 2.99. The molecule has 0 saturated heterocycles. The van der Waals surface area contributed by atoms with Gasteiger partial charge in [-0.3, -0.25) is 4.79 Å². The normalized spacial score (nSPS) is 11.2. The highest BCUT2D eigenvalue weighted by Gasteiger charge is 2.02. The highest BCUT2D eigenvalue weighted by atomic mass is 16.5. The molecular formula is C16H29NO4. The molecule has 122 valence electrons. The van der Waals surface area contributed by atoms with Crippen molar-refractivity contribution in [2.75, 3.05) is 13.2 Å². The maximum Gasteiger partial charge on any atom is 0.332 e. The minimum Gasteiger partial charge on any atom is -0.462 e. The van der Waals surface area contributed by atoms with Crippen LogP contribution in [0.15, 0.2) is 11.8 Å². The number of carbonyl (C=O) groups excluding carboxylic acids is 2. The van der Waals surface area contributed by atoms with Gasteiger partial charge in [-0.25, -0.2) is 4.79 Å². The van der Waals surface area contributed by atoms with Crippen LogP contribution in [0.4, 0.5) is 0 Å². The van der Waals surface area contributed by atoms with E-state index in [1.807, 2.05) is 0 Å². The Kier molecular flexibility index (Phi) is 12.5. The number of hydrogen-bond donors (Lipinski definition) is 1. The Labute approximate surface area is 127 Å². The molecule has 0 aliphatic rings. The highest BCUT2D eigenvalue weighted by Crippen LogP contribution is 2.08. The van der Waals surface area contributed by atoms with E-state index in [9.17, 15) is 9.59 Å². The fourth-order valence-corrected chi connectivity index (χ4v) is 1.83. The molecule has 0 heterocycles. The average molecular weight is 299 g/mol. The van der Waals surface area contributed by atoms with E-state index in [4.69, 9.17) is 10.5 Å². The molecule has 0 radical (unpaired) electrons. The zero-order chi connectivity index (χ0) is 15.9. The second-order valence-corrected chi connectivity index (χ2v) is 5.14. The van der Waals surface area contributed by atoms with Crippen molar-refractivity contribution in [3.8, 4) is 0 Å². The Morgan fingerprint density at radius 3 is 2.10 bits per heavy atom. The van der Waals surface area contributed by atoms with E-state index in [1.165, 1.54) is 45.4 Å². The molecule has 21 heavy (non-hydrogen) atoms. The third-order valence-electron chi connectivity index (χ3n) is 2.99. The van der Waals surface area contributed by atoms with E-state index in [2.05, 4.69) is 11.7 Å². The molecule has 0 amide bonds. The first-order valence-corrected chi connectivity index (χ1v) is 7.82. The molecule has 0 aromatic carbocycles. The Morgan fingerprint density at radius 1 is 0.952 bits per heavy atom. The quantitative estimate of drug-likeness (QED) is 0.340. The molecule has 2 N–H and O–H groups in total. The van der Waals surface area contributed by atoms with E-state index < -0.39 is 11.9 Å². The average Bonchev–Trinajstić information content (AvgIpc) is 2.43. The molecule has 0 bridgehead atoms. The lowest BCUT2D eigenvalue weighted by Gasteiger charge is -2.04. The van der Waals surface area contributed by atoms with Crippen LogP contribution < -0.4 is 5.73 Å². The Hall–Kier alpha value is -1.52. The Balaban J connectivity index is 3.48. The highest BCUT2D eigenvalue weighted by molar-refractivity contribution is 5.82. The summed E-state index contributed by atoms with van der Waals surface area (Å²) >= 11 is 0. The molecule has 0 unspecified atom stereocenters. The van der Waals surface area contributed by atoms with Gasteiger partial charge in [-0.1, -0.05) is 51.9 Å². The van der Waals surface area contributed by atoms with E-state index in [1.54, 1.807) is 0 Å². The fourth-order valence-electron chi connectivity index (χ4n) is 1.83. The van der Waals surface area contributed by atoms with Gasteiger partial charge in [-0.15, -0.1) is 0 Å². The fraction of sp³-hybridized carbons (Fsp3) is 0.750. The van der Waals surface area contributed by atoms with Crippen LogP contribution in [0.2, 0.25) is 0 Å². The minimum atomic E-state index is -0.484. The zero-order valence-electron chi connectivity index (χ0n) is 13.4. The summed E-state index contributed by atoms with van der Waals surface area (Å²) in [6.45, 7) is 3.82. The van der Waals surface area contributed by atoms with E-state index in [0.717, 1.165) is 18.9 Å².